The molecule has 1 heterocycles. The topological polar surface area (TPSA) is 87.1 Å². The summed E-state index contributed by atoms with van der Waals surface area (Å²) in [6, 6.07) is 16.0. The number of rotatable bonds is 7. The molecule has 26 heavy (non-hydrogen) atoms. The quantitative estimate of drug-likeness (QED) is 0.578. The zero-order valence-electron chi connectivity index (χ0n) is 13.8. The maximum Gasteiger partial charge on any atom is 0.335 e. The molecule has 3 aromatic rings. The minimum Gasteiger partial charge on any atom is -0.478 e. The summed E-state index contributed by atoms with van der Waals surface area (Å²) in [5.41, 5.74) is 2.14. The van der Waals surface area contributed by atoms with E-state index >= 15 is 0 Å². The summed E-state index contributed by atoms with van der Waals surface area (Å²) in [7, 11) is 0. The van der Waals surface area contributed by atoms with E-state index in [-0.39, 0.29) is 5.56 Å². The molecule has 0 bridgehead atoms. The van der Waals surface area contributed by atoms with Gasteiger partial charge in [-0.1, -0.05) is 23.7 Å². The standard InChI is InChI=1S/C19H17ClN4O2/c20-15-3-1-2-13(10-15)8-9-21-17-11-18(23-12-22-17)24-16-6-4-14(5-7-16)19(25)26/h1-7,10-12H,8-9H2,(H,25,26)(H2,21,22,23,24). The van der Waals surface area contributed by atoms with E-state index in [0.717, 1.165) is 22.7 Å². The lowest BCUT2D eigenvalue weighted by atomic mass is 10.1. The first-order valence-electron chi connectivity index (χ1n) is 8.01. The Kier molecular flexibility index (Phi) is 5.66. The van der Waals surface area contributed by atoms with E-state index in [4.69, 9.17) is 16.7 Å². The van der Waals surface area contributed by atoms with Gasteiger partial charge in [-0.25, -0.2) is 14.8 Å². The summed E-state index contributed by atoms with van der Waals surface area (Å²) in [5, 5.41) is 16.0. The van der Waals surface area contributed by atoms with Gasteiger partial charge >= 0.3 is 5.97 Å². The molecule has 1 aromatic heterocycles. The number of hydrogen-bond acceptors (Lipinski definition) is 5. The lowest BCUT2D eigenvalue weighted by molar-refractivity contribution is 0.0697. The SMILES string of the molecule is O=C(O)c1ccc(Nc2cc(NCCc3cccc(Cl)c3)ncn2)cc1. The average molecular weight is 369 g/mol. The van der Waals surface area contributed by atoms with Crippen molar-refractivity contribution >= 4 is 34.9 Å². The molecular formula is C19H17ClN4O2. The third-order valence-corrected chi connectivity index (χ3v) is 3.92. The van der Waals surface area contributed by atoms with E-state index in [0.29, 0.717) is 18.2 Å². The van der Waals surface area contributed by atoms with Crippen molar-refractivity contribution in [3.8, 4) is 0 Å². The highest BCUT2D eigenvalue weighted by atomic mass is 35.5. The van der Waals surface area contributed by atoms with E-state index in [1.807, 2.05) is 24.3 Å². The Bertz CT molecular complexity index is 900. The number of nitrogens with zero attached hydrogens (tertiary/aromatic N) is 2. The Balaban J connectivity index is 1.58. The van der Waals surface area contributed by atoms with Gasteiger partial charge in [0.05, 0.1) is 5.56 Å². The van der Waals surface area contributed by atoms with Gasteiger partial charge in [-0.15, -0.1) is 0 Å². The summed E-state index contributed by atoms with van der Waals surface area (Å²) in [4.78, 5) is 19.3. The zero-order valence-corrected chi connectivity index (χ0v) is 14.6. The molecule has 0 aliphatic rings. The molecule has 2 aromatic carbocycles. The van der Waals surface area contributed by atoms with Crippen molar-refractivity contribution in [2.75, 3.05) is 17.2 Å². The highest BCUT2D eigenvalue weighted by Crippen LogP contribution is 2.17. The first kappa shape index (κ1) is 17.7. The van der Waals surface area contributed by atoms with Crippen molar-refractivity contribution < 1.29 is 9.90 Å². The lowest BCUT2D eigenvalue weighted by Crippen LogP contribution is -2.07. The fourth-order valence-corrected chi connectivity index (χ4v) is 2.61. The molecule has 132 valence electrons. The third-order valence-electron chi connectivity index (χ3n) is 3.68. The van der Waals surface area contributed by atoms with Crippen LogP contribution in [0.25, 0.3) is 0 Å². The van der Waals surface area contributed by atoms with Gasteiger partial charge < -0.3 is 15.7 Å². The van der Waals surface area contributed by atoms with Crippen LogP contribution in [-0.2, 0) is 6.42 Å². The van der Waals surface area contributed by atoms with Crippen molar-refractivity contribution in [3.05, 3.63) is 77.1 Å². The van der Waals surface area contributed by atoms with Gasteiger partial charge in [0.25, 0.3) is 0 Å². The Labute approximate surface area is 155 Å². The molecule has 0 amide bonds. The van der Waals surface area contributed by atoms with E-state index < -0.39 is 5.97 Å². The molecule has 0 unspecified atom stereocenters. The highest BCUT2D eigenvalue weighted by Gasteiger charge is 2.03. The highest BCUT2D eigenvalue weighted by molar-refractivity contribution is 6.30. The number of benzene rings is 2. The predicted molar refractivity (Wildman–Crippen MR) is 102 cm³/mol. The molecule has 3 N–H and O–H groups in total. The van der Waals surface area contributed by atoms with Crippen LogP contribution in [0.4, 0.5) is 17.3 Å². The smallest absolute Gasteiger partial charge is 0.335 e. The van der Waals surface area contributed by atoms with Crippen molar-refractivity contribution in [2.24, 2.45) is 0 Å². The molecule has 0 spiro atoms. The summed E-state index contributed by atoms with van der Waals surface area (Å²) in [6.07, 6.45) is 2.29. The van der Waals surface area contributed by atoms with E-state index in [2.05, 4.69) is 20.6 Å². The van der Waals surface area contributed by atoms with E-state index in [9.17, 15) is 4.79 Å². The second kappa shape index (κ2) is 8.31. The van der Waals surface area contributed by atoms with E-state index in [1.165, 1.54) is 18.5 Å². The first-order chi connectivity index (χ1) is 12.6. The number of nitrogens with one attached hydrogen (secondary N) is 2. The molecule has 0 saturated heterocycles. The maximum absolute atomic E-state index is 10.9. The van der Waals surface area contributed by atoms with Crippen molar-refractivity contribution in [1.29, 1.82) is 0 Å². The van der Waals surface area contributed by atoms with Crippen molar-refractivity contribution in [3.63, 3.8) is 0 Å². The first-order valence-corrected chi connectivity index (χ1v) is 8.39. The number of carbonyl (C=O) groups is 1. The lowest BCUT2D eigenvalue weighted by Gasteiger charge is -2.09. The average Bonchev–Trinajstić information content (AvgIpc) is 2.63. The monoisotopic (exact) mass is 368 g/mol. The van der Waals surface area contributed by atoms with Crippen molar-refractivity contribution in [1.82, 2.24) is 9.97 Å². The number of carboxylic acids is 1. The fraction of sp³-hybridized carbons (Fsp3) is 0.105. The molecular weight excluding hydrogens is 352 g/mol. The fourth-order valence-electron chi connectivity index (χ4n) is 2.39. The van der Waals surface area contributed by atoms with Crippen LogP contribution in [-0.4, -0.2) is 27.6 Å². The normalized spacial score (nSPS) is 10.3. The molecule has 0 fully saturated rings. The summed E-state index contributed by atoms with van der Waals surface area (Å²) < 4.78 is 0. The molecule has 6 nitrogen and oxygen atoms in total. The Hall–Kier alpha value is -3.12. The van der Waals surface area contributed by atoms with Gasteiger partial charge in [-0.05, 0) is 48.4 Å². The van der Waals surface area contributed by atoms with Crippen molar-refractivity contribution in [2.45, 2.75) is 6.42 Å². The third kappa shape index (κ3) is 4.94. The number of carboxylic acid groups (broad SMARTS) is 1. The molecule has 0 aliphatic carbocycles. The molecule has 0 aliphatic heterocycles. The Morgan fingerprint density at radius 2 is 1.81 bits per heavy atom. The van der Waals surface area contributed by atoms with Crippen LogP contribution in [0.2, 0.25) is 5.02 Å². The maximum atomic E-state index is 10.9. The van der Waals surface area contributed by atoms with E-state index in [1.54, 1.807) is 18.2 Å². The van der Waals surface area contributed by atoms with Crippen LogP contribution in [0.15, 0.2) is 60.9 Å². The second-order valence-corrected chi connectivity index (χ2v) is 6.04. The molecule has 7 heteroatoms. The van der Waals surface area contributed by atoms with Crippen LogP contribution in [0.1, 0.15) is 15.9 Å². The Morgan fingerprint density at radius 3 is 2.54 bits per heavy atom. The van der Waals surface area contributed by atoms with Gasteiger partial charge in [0.15, 0.2) is 0 Å². The number of aromatic carboxylic acids is 1. The zero-order chi connectivity index (χ0) is 18.4. The number of hydrogen-bond donors (Lipinski definition) is 3. The van der Waals surface area contributed by atoms with Gasteiger partial charge in [0.2, 0.25) is 0 Å². The number of anilines is 3. The van der Waals surface area contributed by atoms with Crippen LogP contribution < -0.4 is 10.6 Å². The molecule has 3 rings (SSSR count). The van der Waals surface area contributed by atoms with Crippen LogP contribution >= 0.6 is 11.6 Å². The summed E-state index contributed by atoms with van der Waals surface area (Å²) in [6.45, 7) is 0.712. The van der Waals surface area contributed by atoms with Gasteiger partial charge in [0, 0.05) is 23.3 Å². The summed E-state index contributed by atoms with van der Waals surface area (Å²) in [5.74, 6) is 0.366. The minimum atomic E-state index is -0.954. The van der Waals surface area contributed by atoms with Crippen LogP contribution in [0, 0.1) is 0 Å². The van der Waals surface area contributed by atoms with Crippen LogP contribution in [0.3, 0.4) is 0 Å². The Morgan fingerprint density at radius 1 is 1.04 bits per heavy atom. The number of halogens is 1. The minimum absolute atomic E-state index is 0.238. The number of aromatic nitrogens is 2. The van der Waals surface area contributed by atoms with Crippen LogP contribution in [0.5, 0.6) is 0 Å². The van der Waals surface area contributed by atoms with Gasteiger partial charge in [-0.3, -0.25) is 0 Å². The van der Waals surface area contributed by atoms with Gasteiger partial charge in [0.1, 0.15) is 18.0 Å². The molecule has 0 radical (unpaired) electrons. The summed E-state index contributed by atoms with van der Waals surface area (Å²) >= 11 is 5.98. The predicted octanol–water partition coefficient (Wildman–Crippen LogP) is 4.23. The van der Waals surface area contributed by atoms with Gasteiger partial charge in [-0.2, -0.15) is 0 Å². The largest absolute Gasteiger partial charge is 0.478 e. The molecule has 0 saturated carbocycles. The molecule has 0 atom stereocenters. The second-order valence-electron chi connectivity index (χ2n) is 5.60.